The summed E-state index contributed by atoms with van der Waals surface area (Å²) < 4.78 is 10.1. The third-order valence-corrected chi connectivity index (χ3v) is 8.92. The molecule has 0 aliphatic rings. The molecule has 0 spiro atoms. The number of hydrogen-bond acceptors (Lipinski definition) is 7. The Labute approximate surface area is 215 Å². The first-order valence-corrected chi connectivity index (χ1v) is 16.4. The first kappa shape index (κ1) is 25.3. The lowest BCUT2D eigenvalue weighted by molar-refractivity contribution is 0.0878. The number of aryl methyl sites for hydroxylation is 1. The van der Waals surface area contributed by atoms with E-state index in [0.29, 0.717) is 32.2 Å². The van der Waals surface area contributed by atoms with E-state index in [1.165, 1.54) is 26.1 Å². The molecule has 0 saturated carbocycles. The molecule has 35 heavy (non-hydrogen) atoms. The summed E-state index contributed by atoms with van der Waals surface area (Å²) in [7, 11) is -1.31. The van der Waals surface area contributed by atoms with E-state index >= 15 is 0 Å². The van der Waals surface area contributed by atoms with Gasteiger partial charge in [-0.25, -0.2) is 4.98 Å². The van der Waals surface area contributed by atoms with E-state index in [4.69, 9.17) is 10.00 Å². The molecule has 0 bridgehead atoms. The predicted octanol–water partition coefficient (Wildman–Crippen LogP) is 5.13. The normalized spacial score (nSPS) is 11.9. The second-order valence-corrected chi connectivity index (χ2v) is 17.0. The van der Waals surface area contributed by atoms with Crippen molar-refractivity contribution in [3.05, 3.63) is 55.5 Å². The van der Waals surface area contributed by atoms with Gasteiger partial charge in [0.05, 0.1) is 28.1 Å². The first-order valence-electron chi connectivity index (χ1n) is 11.1. The van der Waals surface area contributed by atoms with Gasteiger partial charge in [0, 0.05) is 31.3 Å². The highest BCUT2D eigenvalue weighted by atomic mass is 79.9. The number of phenols is 1. The van der Waals surface area contributed by atoms with Crippen LogP contribution in [0, 0.1) is 11.3 Å². The van der Waals surface area contributed by atoms with Crippen molar-refractivity contribution in [3.63, 3.8) is 0 Å². The van der Waals surface area contributed by atoms with Crippen molar-refractivity contribution in [2.24, 2.45) is 0 Å². The Kier molecular flexibility index (Phi) is 7.28. The maximum absolute atomic E-state index is 13.7. The summed E-state index contributed by atoms with van der Waals surface area (Å²) in [4.78, 5) is 31.1. The number of nitriles is 1. The molecule has 8 nitrogen and oxygen atoms in total. The van der Waals surface area contributed by atoms with E-state index in [1.807, 2.05) is 0 Å². The molecule has 1 N–H and O–H groups in total. The maximum Gasteiger partial charge on any atom is 0.279 e. The van der Waals surface area contributed by atoms with Gasteiger partial charge in [0.15, 0.2) is 0 Å². The zero-order chi connectivity index (χ0) is 25.3. The standard InChI is InChI=1S/C24H25BrN4O4SSi/c1-35(2,3)11-10-33-14-28-18-12-15(25)13-19(30)21(18)27-20(24(28)32)16-6-4-7-17-22(16)34-29(23(17)31)9-5-8-26/h4,6-7,12-13,30H,5,9-11,14H2,1-3H3. The van der Waals surface area contributed by atoms with Crippen molar-refractivity contribution in [1.82, 2.24) is 13.5 Å². The SMILES string of the molecule is C[Si](C)(C)CCOCn1c(=O)c(-c2cccc3c(=O)n(CCC#N)sc23)nc2c(O)cc(Br)cc21. The van der Waals surface area contributed by atoms with Crippen LogP contribution in [-0.4, -0.2) is 33.3 Å². The van der Waals surface area contributed by atoms with Crippen molar-refractivity contribution in [1.29, 1.82) is 5.26 Å². The molecule has 2 aromatic heterocycles. The lowest BCUT2D eigenvalue weighted by Crippen LogP contribution is -2.27. The minimum atomic E-state index is -1.31. The number of aromatic nitrogens is 3. The second kappa shape index (κ2) is 10.1. The second-order valence-electron chi connectivity index (χ2n) is 9.42. The Morgan fingerprint density at radius 3 is 2.71 bits per heavy atom. The van der Waals surface area contributed by atoms with Crippen LogP contribution in [0.1, 0.15) is 6.42 Å². The summed E-state index contributed by atoms with van der Waals surface area (Å²) in [6, 6.07) is 11.4. The number of rotatable bonds is 8. The highest BCUT2D eigenvalue weighted by Crippen LogP contribution is 2.32. The summed E-state index contributed by atoms with van der Waals surface area (Å²) in [6.07, 6.45) is 0.209. The van der Waals surface area contributed by atoms with Gasteiger partial charge in [-0.2, -0.15) is 5.26 Å². The molecular weight excluding hydrogens is 548 g/mol. The molecule has 4 aromatic rings. The topological polar surface area (TPSA) is 110 Å². The Morgan fingerprint density at radius 1 is 1.23 bits per heavy atom. The third-order valence-electron chi connectivity index (χ3n) is 5.57. The zero-order valence-electron chi connectivity index (χ0n) is 19.7. The quantitative estimate of drug-likeness (QED) is 0.231. The molecule has 0 unspecified atom stereocenters. The van der Waals surface area contributed by atoms with Gasteiger partial charge in [-0.15, -0.1) is 0 Å². The highest BCUT2D eigenvalue weighted by Gasteiger charge is 2.20. The fraction of sp³-hybridized carbons (Fsp3) is 0.333. The lowest BCUT2D eigenvalue weighted by Gasteiger charge is -2.17. The largest absolute Gasteiger partial charge is 0.506 e. The Morgan fingerprint density at radius 2 is 2.00 bits per heavy atom. The molecule has 0 saturated heterocycles. The highest BCUT2D eigenvalue weighted by molar-refractivity contribution is 9.10. The van der Waals surface area contributed by atoms with Crippen molar-refractivity contribution in [3.8, 4) is 23.1 Å². The van der Waals surface area contributed by atoms with Crippen molar-refractivity contribution < 1.29 is 9.84 Å². The van der Waals surface area contributed by atoms with Gasteiger partial charge in [0.2, 0.25) is 0 Å². The van der Waals surface area contributed by atoms with Crippen molar-refractivity contribution in [2.75, 3.05) is 6.61 Å². The number of ether oxygens (including phenoxy) is 1. The van der Waals surface area contributed by atoms with Crippen LogP contribution >= 0.6 is 27.5 Å². The van der Waals surface area contributed by atoms with Crippen LogP contribution in [0.5, 0.6) is 5.75 Å². The Balaban J connectivity index is 1.90. The number of aromatic hydroxyl groups is 1. The van der Waals surface area contributed by atoms with E-state index in [9.17, 15) is 14.7 Å². The van der Waals surface area contributed by atoms with E-state index in [1.54, 1.807) is 24.3 Å². The van der Waals surface area contributed by atoms with Crippen LogP contribution in [-0.2, 0) is 18.0 Å². The molecule has 0 atom stereocenters. The molecule has 0 aliphatic heterocycles. The molecule has 2 heterocycles. The van der Waals surface area contributed by atoms with Crippen molar-refractivity contribution >= 4 is 56.7 Å². The maximum atomic E-state index is 13.7. The van der Waals surface area contributed by atoms with Gasteiger partial charge in [0.25, 0.3) is 11.1 Å². The third kappa shape index (κ3) is 5.25. The van der Waals surface area contributed by atoms with Gasteiger partial charge in [-0.05, 0) is 24.2 Å². The van der Waals surface area contributed by atoms with Crippen LogP contribution in [0.3, 0.4) is 0 Å². The molecular formula is C24H25BrN4O4SSi. The minimum absolute atomic E-state index is 0.0145. The number of benzene rings is 2. The molecule has 2 aromatic carbocycles. The van der Waals surface area contributed by atoms with Crippen molar-refractivity contribution in [2.45, 2.75) is 45.4 Å². The molecule has 0 amide bonds. The van der Waals surface area contributed by atoms with Crippen LogP contribution in [0.4, 0.5) is 0 Å². The summed E-state index contributed by atoms with van der Waals surface area (Å²) in [6.45, 7) is 7.59. The number of fused-ring (bicyclic) bond motifs is 2. The van der Waals surface area contributed by atoms with Gasteiger partial charge in [0.1, 0.15) is 23.7 Å². The first-order chi connectivity index (χ1) is 16.6. The van der Waals surface area contributed by atoms with E-state index in [-0.39, 0.29) is 47.8 Å². The Hall–Kier alpha value is -2.78. The monoisotopic (exact) mass is 572 g/mol. The number of phenolic OH excluding ortho intramolecular Hbond substituents is 1. The number of halogens is 1. The minimum Gasteiger partial charge on any atom is -0.506 e. The van der Waals surface area contributed by atoms with Gasteiger partial charge >= 0.3 is 0 Å². The summed E-state index contributed by atoms with van der Waals surface area (Å²) in [5.74, 6) is -0.0709. The fourth-order valence-electron chi connectivity index (χ4n) is 3.70. The zero-order valence-corrected chi connectivity index (χ0v) is 23.1. The molecule has 0 aliphatic carbocycles. The average Bonchev–Trinajstić information content (AvgIpc) is 3.11. The van der Waals surface area contributed by atoms with E-state index in [2.05, 4.69) is 46.6 Å². The van der Waals surface area contributed by atoms with E-state index < -0.39 is 8.07 Å². The lowest BCUT2D eigenvalue weighted by atomic mass is 10.1. The number of nitrogens with zero attached hydrogens (tertiary/aromatic N) is 4. The van der Waals surface area contributed by atoms with Crippen LogP contribution in [0.15, 0.2) is 44.4 Å². The molecule has 11 heteroatoms. The van der Waals surface area contributed by atoms with Crippen LogP contribution < -0.4 is 11.1 Å². The summed E-state index contributed by atoms with van der Waals surface area (Å²) >= 11 is 4.58. The van der Waals surface area contributed by atoms with Crippen LogP contribution in [0.2, 0.25) is 25.7 Å². The van der Waals surface area contributed by atoms with Gasteiger partial charge in [-0.1, -0.05) is 59.2 Å². The molecule has 4 rings (SSSR count). The summed E-state index contributed by atoms with van der Waals surface area (Å²) in [5.41, 5.74) is 0.772. The Bertz CT molecular complexity index is 1580. The fourth-order valence-corrected chi connectivity index (χ4v) is 5.99. The molecule has 0 fully saturated rings. The van der Waals surface area contributed by atoms with Crippen LogP contribution in [0.25, 0.3) is 32.4 Å². The van der Waals surface area contributed by atoms with E-state index in [0.717, 1.165) is 6.04 Å². The van der Waals surface area contributed by atoms with Gasteiger partial charge in [-0.3, -0.25) is 18.1 Å². The summed E-state index contributed by atoms with van der Waals surface area (Å²) in [5, 5.41) is 20.0. The number of hydrogen-bond donors (Lipinski definition) is 1. The smallest absolute Gasteiger partial charge is 0.279 e. The predicted molar refractivity (Wildman–Crippen MR) is 145 cm³/mol. The average molecular weight is 574 g/mol. The molecule has 182 valence electrons. The van der Waals surface area contributed by atoms with Gasteiger partial charge < -0.3 is 9.84 Å². The molecule has 0 radical (unpaired) electrons.